The predicted octanol–water partition coefficient (Wildman–Crippen LogP) is 3.23. The summed E-state index contributed by atoms with van der Waals surface area (Å²) in [4.78, 5) is 36.9. The van der Waals surface area contributed by atoms with E-state index < -0.39 is 0 Å². The van der Waals surface area contributed by atoms with Gasteiger partial charge in [-0.25, -0.2) is 19.6 Å². The molecule has 4 rings (SSSR count). The summed E-state index contributed by atoms with van der Waals surface area (Å²) in [6.45, 7) is 2.09. The Morgan fingerprint density at radius 3 is 2.47 bits per heavy atom. The molecule has 4 aromatic rings. The minimum Gasteiger partial charge on any atom is -0.465 e. The average Bonchev–Trinajstić information content (AvgIpc) is 3.38. The molecule has 9 nitrogen and oxygen atoms in total. The number of carbonyl (C=O) groups excluding carboxylic acids is 2. The maximum Gasteiger partial charge on any atom is 0.340 e. The van der Waals surface area contributed by atoms with Crippen molar-refractivity contribution in [3.05, 3.63) is 53.3 Å². The summed E-state index contributed by atoms with van der Waals surface area (Å²) in [5.74, 6) is -0.448. The van der Waals surface area contributed by atoms with Gasteiger partial charge in [-0.3, -0.25) is 0 Å². The molecule has 0 bridgehead atoms. The van der Waals surface area contributed by atoms with Gasteiger partial charge >= 0.3 is 11.9 Å². The quantitative estimate of drug-likeness (QED) is 0.440. The zero-order chi connectivity index (χ0) is 21.7. The van der Waals surface area contributed by atoms with Gasteiger partial charge in [-0.2, -0.15) is 0 Å². The van der Waals surface area contributed by atoms with Crippen LogP contribution in [0.2, 0.25) is 0 Å². The number of esters is 2. The van der Waals surface area contributed by atoms with Gasteiger partial charge in [-0.05, 0) is 36.2 Å². The van der Waals surface area contributed by atoms with Gasteiger partial charge in [0.15, 0.2) is 5.95 Å². The van der Waals surface area contributed by atoms with Crippen molar-refractivity contribution >= 4 is 40.0 Å². The number of nitrogen functional groups attached to an aromatic ring is 1. The number of hydrogen-bond donors (Lipinski definition) is 3. The van der Waals surface area contributed by atoms with Crippen molar-refractivity contribution in [3.8, 4) is 0 Å². The third-order valence-electron chi connectivity index (χ3n) is 4.46. The number of anilines is 1. The SMILES string of the molecule is CCCc1cc(C(=O)OC)c2nc(N)[nH]c2c1.COC(=O)c1cccc2[nH]cnc12. The van der Waals surface area contributed by atoms with Gasteiger partial charge in [0.25, 0.3) is 0 Å². The first kappa shape index (κ1) is 20.8. The third-order valence-corrected chi connectivity index (χ3v) is 4.46. The van der Waals surface area contributed by atoms with Crippen molar-refractivity contribution in [3.63, 3.8) is 0 Å². The smallest absolute Gasteiger partial charge is 0.340 e. The number of aryl methyl sites for hydroxylation is 1. The first-order valence-corrected chi connectivity index (χ1v) is 9.35. The highest BCUT2D eigenvalue weighted by Gasteiger charge is 2.15. The number of para-hydroxylation sites is 1. The Balaban J connectivity index is 0.000000177. The van der Waals surface area contributed by atoms with Crippen LogP contribution < -0.4 is 5.73 Å². The van der Waals surface area contributed by atoms with Crippen LogP contribution in [0, 0.1) is 0 Å². The number of aromatic amines is 2. The Kier molecular flexibility index (Phi) is 6.31. The fraction of sp³-hybridized carbons (Fsp3) is 0.238. The standard InChI is InChI=1S/C12H15N3O2.C9H8N2O2/c1-3-4-7-5-8(11(16)17-2)10-9(6-7)14-12(13)15-10;1-13-9(12)6-3-2-4-7-8(6)11-5-10-7/h5-6H,3-4H2,1-2H3,(H3,13,14,15);2-5H,1H3,(H,10,11). The molecule has 2 aromatic heterocycles. The predicted molar refractivity (Wildman–Crippen MR) is 113 cm³/mol. The molecule has 2 heterocycles. The first-order chi connectivity index (χ1) is 14.5. The normalized spacial score (nSPS) is 10.5. The highest BCUT2D eigenvalue weighted by Crippen LogP contribution is 2.22. The highest BCUT2D eigenvalue weighted by molar-refractivity contribution is 6.03. The number of nitrogens with one attached hydrogen (secondary N) is 2. The molecule has 4 N–H and O–H groups in total. The maximum absolute atomic E-state index is 11.7. The van der Waals surface area contributed by atoms with E-state index in [1.165, 1.54) is 14.2 Å². The van der Waals surface area contributed by atoms with Gasteiger partial charge in [0.1, 0.15) is 11.0 Å². The average molecular weight is 409 g/mol. The molecule has 0 saturated heterocycles. The lowest BCUT2D eigenvalue weighted by Gasteiger charge is -2.04. The van der Waals surface area contributed by atoms with E-state index in [1.807, 2.05) is 18.2 Å². The topological polar surface area (TPSA) is 136 Å². The lowest BCUT2D eigenvalue weighted by molar-refractivity contribution is 0.0593. The van der Waals surface area contributed by atoms with Crippen LogP contribution in [0.4, 0.5) is 5.95 Å². The summed E-state index contributed by atoms with van der Waals surface area (Å²) >= 11 is 0. The summed E-state index contributed by atoms with van der Waals surface area (Å²) in [5, 5.41) is 0. The molecular weight excluding hydrogens is 386 g/mol. The second-order valence-electron chi connectivity index (χ2n) is 6.50. The number of ether oxygens (including phenoxy) is 2. The minimum atomic E-state index is -0.389. The van der Waals surface area contributed by atoms with E-state index in [2.05, 4.69) is 31.6 Å². The van der Waals surface area contributed by atoms with E-state index in [0.717, 1.165) is 29.4 Å². The molecule has 0 amide bonds. The van der Waals surface area contributed by atoms with Crippen molar-refractivity contribution < 1.29 is 19.1 Å². The van der Waals surface area contributed by atoms with Crippen LogP contribution in [0.5, 0.6) is 0 Å². The Morgan fingerprint density at radius 2 is 1.77 bits per heavy atom. The van der Waals surface area contributed by atoms with E-state index >= 15 is 0 Å². The van der Waals surface area contributed by atoms with Crippen LogP contribution in [-0.4, -0.2) is 46.1 Å². The molecule has 0 fully saturated rings. The Labute approximate surface area is 172 Å². The maximum atomic E-state index is 11.7. The van der Waals surface area contributed by atoms with E-state index in [9.17, 15) is 9.59 Å². The number of rotatable bonds is 4. The Hall–Kier alpha value is -3.88. The molecule has 0 atom stereocenters. The van der Waals surface area contributed by atoms with Crippen molar-refractivity contribution in [2.24, 2.45) is 0 Å². The van der Waals surface area contributed by atoms with Gasteiger partial charge in [0.2, 0.25) is 0 Å². The Bertz CT molecular complexity index is 1190. The fourth-order valence-corrected chi connectivity index (χ4v) is 3.14. The van der Waals surface area contributed by atoms with Crippen molar-refractivity contribution in [2.45, 2.75) is 19.8 Å². The van der Waals surface area contributed by atoms with Crippen molar-refractivity contribution in [1.29, 1.82) is 0 Å². The number of hydrogen-bond acceptors (Lipinski definition) is 7. The number of methoxy groups -OCH3 is 2. The van der Waals surface area contributed by atoms with Crippen LogP contribution in [0.1, 0.15) is 39.6 Å². The molecule has 0 radical (unpaired) electrons. The van der Waals surface area contributed by atoms with E-state index in [1.54, 1.807) is 18.5 Å². The van der Waals surface area contributed by atoms with Crippen molar-refractivity contribution in [1.82, 2.24) is 19.9 Å². The summed E-state index contributed by atoms with van der Waals surface area (Å²) in [6.07, 6.45) is 3.46. The van der Waals surface area contributed by atoms with Gasteiger partial charge in [-0.1, -0.05) is 19.4 Å². The highest BCUT2D eigenvalue weighted by atomic mass is 16.5. The van der Waals surface area contributed by atoms with E-state index in [-0.39, 0.29) is 11.9 Å². The van der Waals surface area contributed by atoms with Crippen molar-refractivity contribution in [2.75, 3.05) is 20.0 Å². The second kappa shape index (κ2) is 9.08. The molecule has 0 aliphatic carbocycles. The van der Waals surface area contributed by atoms with Crippen LogP contribution >= 0.6 is 0 Å². The summed E-state index contributed by atoms with van der Waals surface area (Å²) < 4.78 is 9.37. The second-order valence-corrected chi connectivity index (χ2v) is 6.50. The van der Waals surface area contributed by atoms with E-state index in [4.69, 9.17) is 10.5 Å². The number of nitrogens with two attached hydrogens (primary N) is 1. The number of aromatic nitrogens is 4. The zero-order valence-corrected chi connectivity index (χ0v) is 17.0. The van der Waals surface area contributed by atoms with Gasteiger partial charge in [-0.15, -0.1) is 0 Å². The summed E-state index contributed by atoms with van der Waals surface area (Å²) in [5.41, 5.74) is 10.4. The minimum absolute atomic E-state index is 0.304. The molecular formula is C21H23N5O4. The van der Waals surface area contributed by atoms with Gasteiger partial charge < -0.3 is 25.2 Å². The number of benzene rings is 2. The van der Waals surface area contributed by atoms with Crippen LogP contribution in [0.15, 0.2) is 36.7 Å². The van der Waals surface area contributed by atoms with Crippen LogP contribution in [0.25, 0.3) is 22.1 Å². The number of fused-ring (bicyclic) bond motifs is 2. The monoisotopic (exact) mass is 409 g/mol. The molecule has 30 heavy (non-hydrogen) atoms. The largest absolute Gasteiger partial charge is 0.465 e. The molecule has 0 spiro atoms. The molecule has 0 aliphatic rings. The van der Waals surface area contributed by atoms with Gasteiger partial charge in [0.05, 0.1) is 42.7 Å². The molecule has 0 unspecified atom stereocenters. The fourth-order valence-electron chi connectivity index (χ4n) is 3.14. The lowest BCUT2D eigenvalue weighted by atomic mass is 10.1. The number of carbonyl (C=O) groups is 2. The molecule has 0 aliphatic heterocycles. The Morgan fingerprint density at radius 1 is 1.03 bits per heavy atom. The first-order valence-electron chi connectivity index (χ1n) is 9.35. The van der Waals surface area contributed by atoms with Gasteiger partial charge in [0, 0.05) is 0 Å². The number of H-pyrrole nitrogens is 2. The zero-order valence-electron chi connectivity index (χ0n) is 17.0. The lowest BCUT2D eigenvalue weighted by Crippen LogP contribution is -2.03. The van der Waals surface area contributed by atoms with Crippen LogP contribution in [-0.2, 0) is 15.9 Å². The molecule has 156 valence electrons. The van der Waals surface area contributed by atoms with Crippen LogP contribution in [0.3, 0.4) is 0 Å². The molecule has 2 aromatic carbocycles. The van der Waals surface area contributed by atoms with E-state index in [0.29, 0.717) is 28.1 Å². The number of nitrogens with zero attached hydrogens (tertiary/aromatic N) is 2. The number of imidazole rings is 2. The third kappa shape index (κ3) is 4.24. The molecule has 9 heteroatoms. The summed E-state index contributed by atoms with van der Waals surface area (Å²) in [6, 6.07) is 9.11. The summed E-state index contributed by atoms with van der Waals surface area (Å²) in [7, 11) is 2.71. The molecule has 0 saturated carbocycles.